The number of hydrogen-bond acceptors (Lipinski definition) is 3. The molecule has 1 aromatic carbocycles. The van der Waals surface area contributed by atoms with Gasteiger partial charge in [0.25, 0.3) is 0 Å². The lowest BCUT2D eigenvalue weighted by atomic mass is 10.1. The molecule has 0 saturated heterocycles. The lowest BCUT2D eigenvalue weighted by molar-refractivity contribution is 0.104. The number of benzene rings is 1. The van der Waals surface area contributed by atoms with E-state index in [2.05, 4.69) is 0 Å². The van der Waals surface area contributed by atoms with Gasteiger partial charge >= 0.3 is 0 Å². The number of carbonyl (C=O) groups is 1. The first-order valence-electron chi connectivity index (χ1n) is 3.97. The van der Waals surface area contributed by atoms with Crippen LogP contribution in [-0.4, -0.2) is 19.0 Å². The van der Waals surface area contributed by atoms with Gasteiger partial charge in [0.1, 0.15) is 13.2 Å². The van der Waals surface area contributed by atoms with Crippen LogP contribution < -0.4 is 9.47 Å². The third-order valence-electron chi connectivity index (χ3n) is 1.83. The van der Waals surface area contributed by atoms with Gasteiger partial charge in [-0.25, -0.2) is 0 Å². The first-order chi connectivity index (χ1) is 6.27. The zero-order valence-corrected chi connectivity index (χ0v) is 6.95. The SMILES string of the molecule is [CH]C(=O)c1ccc2c(c1)OCCO2. The molecule has 0 unspecified atom stereocenters. The van der Waals surface area contributed by atoms with E-state index in [4.69, 9.17) is 16.4 Å². The Morgan fingerprint density at radius 2 is 1.92 bits per heavy atom. The molecule has 0 spiro atoms. The molecule has 66 valence electrons. The molecule has 3 heteroatoms. The van der Waals surface area contributed by atoms with Crippen LogP contribution in [0, 0.1) is 6.92 Å². The molecule has 13 heavy (non-hydrogen) atoms. The second-order valence-electron chi connectivity index (χ2n) is 2.72. The van der Waals surface area contributed by atoms with E-state index in [1.807, 2.05) is 0 Å². The first kappa shape index (κ1) is 8.10. The number of rotatable bonds is 1. The monoisotopic (exact) mass is 176 g/mol. The van der Waals surface area contributed by atoms with Crippen molar-refractivity contribution in [3.8, 4) is 11.5 Å². The Labute approximate surface area is 76.3 Å². The summed E-state index contributed by atoms with van der Waals surface area (Å²) in [4.78, 5) is 10.8. The Bertz CT molecular complexity index is 344. The summed E-state index contributed by atoms with van der Waals surface area (Å²) in [6.45, 7) is 6.17. The molecule has 0 N–H and O–H groups in total. The van der Waals surface area contributed by atoms with Crippen molar-refractivity contribution in [3.63, 3.8) is 0 Å². The molecule has 1 heterocycles. The zero-order valence-electron chi connectivity index (χ0n) is 6.95. The molecule has 2 radical (unpaired) electrons. The Morgan fingerprint density at radius 3 is 2.62 bits per heavy atom. The van der Waals surface area contributed by atoms with E-state index in [-0.39, 0.29) is 0 Å². The molecule has 0 amide bonds. The number of ketones is 1. The maximum atomic E-state index is 10.8. The van der Waals surface area contributed by atoms with Crippen molar-refractivity contribution < 1.29 is 14.3 Å². The van der Waals surface area contributed by atoms with Crippen molar-refractivity contribution in [2.45, 2.75) is 0 Å². The summed E-state index contributed by atoms with van der Waals surface area (Å²) in [7, 11) is 0. The summed E-state index contributed by atoms with van der Waals surface area (Å²) in [6, 6.07) is 4.90. The van der Waals surface area contributed by atoms with Gasteiger partial charge in [0.05, 0.1) is 0 Å². The summed E-state index contributed by atoms with van der Waals surface area (Å²) in [5.41, 5.74) is 0.434. The molecule has 2 rings (SSSR count). The van der Waals surface area contributed by atoms with Crippen molar-refractivity contribution in [1.29, 1.82) is 0 Å². The first-order valence-corrected chi connectivity index (χ1v) is 3.97. The normalized spacial score (nSPS) is 13.9. The molecule has 0 atom stereocenters. The average molecular weight is 176 g/mol. The molecule has 1 aliphatic heterocycles. The van der Waals surface area contributed by atoms with E-state index in [0.29, 0.717) is 30.3 Å². The minimum absolute atomic E-state index is 0.434. The van der Waals surface area contributed by atoms with Gasteiger partial charge in [-0.3, -0.25) is 4.79 Å². The van der Waals surface area contributed by atoms with Gasteiger partial charge in [-0.15, -0.1) is 0 Å². The van der Waals surface area contributed by atoms with Crippen LogP contribution in [0.1, 0.15) is 10.4 Å². The molecular formula is C10H8O3. The summed E-state index contributed by atoms with van der Waals surface area (Å²) >= 11 is 0. The fourth-order valence-electron chi connectivity index (χ4n) is 1.20. The van der Waals surface area contributed by atoms with E-state index in [9.17, 15) is 4.79 Å². The fourth-order valence-corrected chi connectivity index (χ4v) is 1.20. The van der Waals surface area contributed by atoms with Gasteiger partial charge in [-0.1, -0.05) is 0 Å². The molecule has 0 saturated carbocycles. The van der Waals surface area contributed by atoms with Crippen molar-refractivity contribution in [2.75, 3.05) is 13.2 Å². The predicted molar refractivity (Wildman–Crippen MR) is 46.1 cm³/mol. The van der Waals surface area contributed by atoms with Crippen LogP contribution >= 0.6 is 0 Å². The lowest BCUT2D eigenvalue weighted by Crippen LogP contribution is -2.15. The van der Waals surface area contributed by atoms with Crippen molar-refractivity contribution in [1.82, 2.24) is 0 Å². The highest BCUT2D eigenvalue weighted by molar-refractivity contribution is 5.99. The second-order valence-corrected chi connectivity index (χ2v) is 2.72. The van der Waals surface area contributed by atoms with Gasteiger partial charge in [0.2, 0.25) is 0 Å². The van der Waals surface area contributed by atoms with Gasteiger partial charge in [0, 0.05) is 12.5 Å². The lowest BCUT2D eigenvalue weighted by Gasteiger charge is -2.18. The van der Waals surface area contributed by atoms with E-state index in [1.54, 1.807) is 18.2 Å². The van der Waals surface area contributed by atoms with E-state index >= 15 is 0 Å². The third-order valence-corrected chi connectivity index (χ3v) is 1.83. The van der Waals surface area contributed by atoms with Crippen LogP contribution in [0.2, 0.25) is 0 Å². The molecule has 3 nitrogen and oxygen atoms in total. The van der Waals surface area contributed by atoms with E-state index < -0.39 is 5.78 Å². The van der Waals surface area contributed by atoms with E-state index in [0.717, 1.165) is 0 Å². The number of Topliss-reactive ketones (excluding diaryl/α,β-unsaturated/α-hetero) is 1. The highest BCUT2D eigenvalue weighted by atomic mass is 16.6. The quantitative estimate of drug-likeness (QED) is 0.606. The van der Waals surface area contributed by atoms with Crippen LogP contribution in [0.25, 0.3) is 0 Å². The average Bonchev–Trinajstić information content (AvgIpc) is 2.17. The van der Waals surface area contributed by atoms with Crippen LogP contribution in [0.3, 0.4) is 0 Å². The molecule has 0 bridgehead atoms. The second kappa shape index (κ2) is 3.09. The van der Waals surface area contributed by atoms with Gasteiger partial charge in [-0.2, -0.15) is 0 Å². The van der Waals surface area contributed by atoms with Crippen molar-refractivity contribution in [3.05, 3.63) is 30.7 Å². The number of hydrogen-bond donors (Lipinski definition) is 0. The van der Waals surface area contributed by atoms with Crippen molar-refractivity contribution >= 4 is 5.78 Å². The molecule has 0 aromatic heterocycles. The molecule has 1 aromatic rings. The fraction of sp³-hybridized carbons (Fsp3) is 0.200. The maximum absolute atomic E-state index is 10.8. The molecule has 1 aliphatic rings. The molecule has 0 fully saturated rings. The van der Waals surface area contributed by atoms with Crippen LogP contribution in [-0.2, 0) is 0 Å². The Morgan fingerprint density at radius 1 is 1.23 bits per heavy atom. The van der Waals surface area contributed by atoms with E-state index in [1.165, 1.54) is 0 Å². The zero-order chi connectivity index (χ0) is 9.26. The maximum Gasteiger partial charge on any atom is 0.167 e. The minimum Gasteiger partial charge on any atom is -0.486 e. The largest absolute Gasteiger partial charge is 0.486 e. The molecule has 0 aliphatic carbocycles. The van der Waals surface area contributed by atoms with Gasteiger partial charge in [0.15, 0.2) is 17.3 Å². The van der Waals surface area contributed by atoms with Gasteiger partial charge in [-0.05, 0) is 18.2 Å². The predicted octanol–water partition coefficient (Wildman–Crippen LogP) is 1.35. The minimum atomic E-state index is -0.461. The summed E-state index contributed by atoms with van der Waals surface area (Å²) in [6.07, 6.45) is 0. The topological polar surface area (TPSA) is 35.5 Å². The molecular weight excluding hydrogens is 168 g/mol. The number of carbonyl (C=O) groups excluding carboxylic acids is 1. The smallest absolute Gasteiger partial charge is 0.167 e. The van der Waals surface area contributed by atoms with Crippen LogP contribution in [0.5, 0.6) is 11.5 Å². The third kappa shape index (κ3) is 1.49. The van der Waals surface area contributed by atoms with Crippen LogP contribution in [0.4, 0.5) is 0 Å². The summed E-state index contributed by atoms with van der Waals surface area (Å²) in [5.74, 6) is 0.788. The summed E-state index contributed by atoms with van der Waals surface area (Å²) < 4.78 is 10.6. The Balaban J connectivity index is 2.40. The van der Waals surface area contributed by atoms with Gasteiger partial charge < -0.3 is 9.47 Å². The number of fused-ring (bicyclic) bond motifs is 1. The van der Waals surface area contributed by atoms with Crippen LogP contribution in [0.15, 0.2) is 18.2 Å². The number of ether oxygens (including phenoxy) is 2. The Kier molecular flexibility index (Phi) is 1.93. The summed E-state index contributed by atoms with van der Waals surface area (Å²) in [5, 5.41) is 0. The highest BCUT2D eigenvalue weighted by Gasteiger charge is 2.12. The Hall–Kier alpha value is -1.51. The highest BCUT2D eigenvalue weighted by Crippen LogP contribution is 2.30. The standard InChI is InChI=1S/C10H8O3/c1-7(11)8-2-3-9-10(6-8)13-5-4-12-9/h1-3,6H,4-5H2. The van der Waals surface area contributed by atoms with Crippen molar-refractivity contribution in [2.24, 2.45) is 0 Å².